The summed E-state index contributed by atoms with van der Waals surface area (Å²) in [5.41, 5.74) is 1.33. The van der Waals surface area contributed by atoms with E-state index in [4.69, 9.17) is 4.74 Å². The van der Waals surface area contributed by atoms with Crippen LogP contribution in [-0.4, -0.2) is 16.2 Å². The molecule has 3 heteroatoms. The molecule has 1 heterocycles. The molecule has 0 amide bonds. The lowest BCUT2D eigenvalue weighted by Gasteiger charge is -2.06. The highest BCUT2D eigenvalue weighted by Crippen LogP contribution is 2.12. The SMILES string of the molecule is CCc1ccc(OCCc2nccn2C)cc1. The molecular weight excluding hydrogens is 212 g/mol. The Bertz CT molecular complexity index is 459. The monoisotopic (exact) mass is 230 g/mol. The molecule has 0 fully saturated rings. The topological polar surface area (TPSA) is 27.1 Å². The number of imidazole rings is 1. The highest BCUT2D eigenvalue weighted by molar-refractivity contribution is 5.27. The van der Waals surface area contributed by atoms with E-state index in [9.17, 15) is 0 Å². The van der Waals surface area contributed by atoms with Gasteiger partial charge in [0.05, 0.1) is 6.61 Å². The summed E-state index contributed by atoms with van der Waals surface area (Å²) in [5.74, 6) is 1.98. The second-order valence-electron chi connectivity index (χ2n) is 4.05. The standard InChI is InChI=1S/C14H18N2O/c1-3-12-4-6-13(7-5-12)17-11-8-14-15-9-10-16(14)2/h4-7,9-10H,3,8,11H2,1-2H3. The van der Waals surface area contributed by atoms with Crippen molar-refractivity contribution in [3.05, 3.63) is 48.0 Å². The Hall–Kier alpha value is -1.77. The minimum absolute atomic E-state index is 0.663. The van der Waals surface area contributed by atoms with Crippen LogP contribution in [0.25, 0.3) is 0 Å². The highest BCUT2D eigenvalue weighted by Gasteiger charge is 1.99. The average molecular weight is 230 g/mol. The zero-order valence-electron chi connectivity index (χ0n) is 10.4. The first-order chi connectivity index (χ1) is 8.29. The molecule has 3 nitrogen and oxygen atoms in total. The molecule has 0 aliphatic heterocycles. The fourth-order valence-electron chi connectivity index (χ4n) is 1.72. The summed E-state index contributed by atoms with van der Waals surface area (Å²) in [6.07, 6.45) is 5.66. The van der Waals surface area contributed by atoms with Crippen LogP contribution in [-0.2, 0) is 19.9 Å². The van der Waals surface area contributed by atoms with Crippen LogP contribution < -0.4 is 4.74 Å². The minimum Gasteiger partial charge on any atom is -0.493 e. The zero-order chi connectivity index (χ0) is 12.1. The molecule has 0 bridgehead atoms. The number of nitrogens with zero attached hydrogens (tertiary/aromatic N) is 2. The molecule has 0 saturated heterocycles. The van der Waals surface area contributed by atoms with Gasteiger partial charge in [0.15, 0.2) is 0 Å². The van der Waals surface area contributed by atoms with Crippen LogP contribution in [0.5, 0.6) is 5.75 Å². The Kier molecular flexibility index (Phi) is 3.81. The van der Waals surface area contributed by atoms with Gasteiger partial charge in [0, 0.05) is 25.9 Å². The van der Waals surface area contributed by atoms with Crippen LogP contribution in [0, 0.1) is 0 Å². The predicted molar refractivity (Wildman–Crippen MR) is 68.2 cm³/mol. The van der Waals surface area contributed by atoms with E-state index >= 15 is 0 Å². The molecule has 2 aromatic rings. The number of hydrogen-bond donors (Lipinski definition) is 0. The summed E-state index contributed by atoms with van der Waals surface area (Å²) in [5, 5.41) is 0. The van der Waals surface area contributed by atoms with Gasteiger partial charge in [-0.3, -0.25) is 0 Å². The molecule has 0 unspecified atom stereocenters. The molecule has 0 atom stereocenters. The Labute approximate surface area is 102 Å². The van der Waals surface area contributed by atoms with Crippen molar-refractivity contribution >= 4 is 0 Å². The molecule has 0 saturated carbocycles. The van der Waals surface area contributed by atoms with Crippen LogP contribution in [0.3, 0.4) is 0 Å². The van der Waals surface area contributed by atoms with Crippen molar-refractivity contribution in [1.82, 2.24) is 9.55 Å². The first kappa shape index (κ1) is 11.7. The molecule has 2 rings (SSSR count). The van der Waals surface area contributed by atoms with E-state index in [1.54, 1.807) is 0 Å². The van der Waals surface area contributed by atoms with Gasteiger partial charge in [0.25, 0.3) is 0 Å². The smallest absolute Gasteiger partial charge is 0.119 e. The summed E-state index contributed by atoms with van der Waals surface area (Å²) in [6, 6.07) is 8.26. The normalized spacial score (nSPS) is 10.5. The maximum absolute atomic E-state index is 5.68. The predicted octanol–water partition coefficient (Wildman–Crippen LogP) is 2.60. The van der Waals surface area contributed by atoms with Crippen molar-refractivity contribution in [2.45, 2.75) is 19.8 Å². The number of rotatable bonds is 5. The number of ether oxygens (including phenoxy) is 1. The van der Waals surface area contributed by atoms with Gasteiger partial charge in [0.1, 0.15) is 11.6 Å². The van der Waals surface area contributed by atoms with Crippen LogP contribution in [0.1, 0.15) is 18.3 Å². The number of aryl methyl sites for hydroxylation is 2. The van der Waals surface area contributed by atoms with Crippen LogP contribution in [0.4, 0.5) is 0 Å². The number of aromatic nitrogens is 2. The maximum Gasteiger partial charge on any atom is 0.119 e. The summed E-state index contributed by atoms with van der Waals surface area (Å²) in [6.45, 7) is 2.81. The molecular formula is C14H18N2O. The van der Waals surface area contributed by atoms with E-state index in [1.165, 1.54) is 5.56 Å². The molecule has 1 aromatic heterocycles. The second-order valence-corrected chi connectivity index (χ2v) is 4.05. The van der Waals surface area contributed by atoms with Crippen molar-refractivity contribution in [3.8, 4) is 5.75 Å². The van der Waals surface area contributed by atoms with Gasteiger partial charge in [-0.2, -0.15) is 0 Å². The van der Waals surface area contributed by atoms with E-state index in [2.05, 4.69) is 24.0 Å². The summed E-state index contributed by atoms with van der Waals surface area (Å²) < 4.78 is 7.70. The molecule has 0 radical (unpaired) electrons. The van der Waals surface area contributed by atoms with E-state index in [0.29, 0.717) is 6.61 Å². The van der Waals surface area contributed by atoms with Crippen molar-refractivity contribution in [2.24, 2.45) is 7.05 Å². The maximum atomic E-state index is 5.68. The third-order valence-electron chi connectivity index (χ3n) is 2.85. The molecule has 17 heavy (non-hydrogen) atoms. The lowest BCUT2D eigenvalue weighted by atomic mass is 10.2. The van der Waals surface area contributed by atoms with Gasteiger partial charge < -0.3 is 9.30 Å². The van der Waals surface area contributed by atoms with E-state index in [-0.39, 0.29) is 0 Å². The molecule has 0 aliphatic carbocycles. The molecule has 90 valence electrons. The van der Waals surface area contributed by atoms with Gasteiger partial charge in [0.2, 0.25) is 0 Å². The highest BCUT2D eigenvalue weighted by atomic mass is 16.5. The van der Waals surface area contributed by atoms with Crippen LogP contribution in [0.2, 0.25) is 0 Å². The first-order valence-corrected chi connectivity index (χ1v) is 5.97. The van der Waals surface area contributed by atoms with Crippen molar-refractivity contribution in [3.63, 3.8) is 0 Å². The fourth-order valence-corrected chi connectivity index (χ4v) is 1.72. The summed E-state index contributed by atoms with van der Waals surface area (Å²) in [7, 11) is 2.00. The molecule has 0 aliphatic rings. The van der Waals surface area contributed by atoms with Gasteiger partial charge in [-0.15, -0.1) is 0 Å². The first-order valence-electron chi connectivity index (χ1n) is 5.97. The third-order valence-corrected chi connectivity index (χ3v) is 2.85. The lowest BCUT2D eigenvalue weighted by molar-refractivity contribution is 0.317. The fraction of sp³-hybridized carbons (Fsp3) is 0.357. The molecule has 1 aromatic carbocycles. The largest absolute Gasteiger partial charge is 0.493 e. The van der Waals surface area contributed by atoms with Crippen molar-refractivity contribution in [2.75, 3.05) is 6.61 Å². The van der Waals surface area contributed by atoms with Gasteiger partial charge in [-0.1, -0.05) is 19.1 Å². The Morgan fingerprint density at radius 2 is 2.00 bits per heavy atom. The third kappa shape index (κ3) is 3.09. The van der Waals surface area contributed by atoms with E-state index < -0.39 is 0 Å². The van der Waals surface area contributed by atoms with Crippen LogP contribution in [0.15, 0.2) is 36.7 Å². The Balaban J connectivity index is 1.83. The Morgan fingerprint density at radius 3 is 2.59 bits per heavy atom. The number of hydrogen-bond acceptors (Lipinski definition) is 2. The average Bonchev–Trinajstić information content (AvgIpc) is 2.76. The van der Waals surface area contributed by atoms with Crippen molar-refractivity contribution in [1.29, 1.82) is 0 Å². The van der Waals surface area contributed by atoms with Gasteiger partial charge in [-0.05, 0) is 24.1 Å². The lowest BCUT2D eigenvalue weighted by Crippen LogP contribution is -2.06. The Morgan fingerprint density at radius 1 is 1.24 bits per heavy atom. The van der Waals surface area contributed by atoms with E-state index in [0.717, 1.165) is 24.4 Å². The molecule has 0 spiro atoms. The van der Waals surface area contributed by atoms with Gasteiger partial charge >= 0.3 is 0 Å². The van der Waals surface area contributed by atoms with Crippen LogP contribution >= 0.6 is 0 Å². The molecule has 0 N–H and O–H groups in total. The number of benzene rings is 1. The minimum atomic E-state index is 0.663. The zero-order valence-corrected chi connectivity index (χ0v) is 10.4. The second kappa shape index (κ2) is 5.53. The summed E-state index contributed by atoms with van der Waals surface area (Å²) in [4.78, 5) is 4.26. The quantitative estimate of drug-likeness (QED) is 0.789. The van der Waals surface area contributed by atoms with Crippen molar-refractivity contribution < 1.29 is 4.74 Å². The van der Waals surface area contributed by atoms with E-state index in [1.807, 2.05) is 36.1 Å². The summed E-state index contributed by atoms with van der Waals surface area (Å²) >= 11 is 0. The van der Waals surface area contributed by atoms with Gasteiger partial charge in [-0.25, -0.2) is 4.98 Å².